The SMILES string of the molecule is CCC(=O)C=C(O)C(C)CCC(C)C. The summed E-state index contributed by atoms with van der Waals surface area (Å²) in [6.07, 6.45) is 3.85. The van der Waals surface area contributed by atoms with Crippen LogP contribution in [-0.4, -0.2) is 10.9 Å². The molecular weight excluding hydrogens is 176 g/mol. The van der Waals surface area contributed by atoms with Crippen LogP contribution in [0, 0.1) is 11.8 Å². The Labute approximate surface area is 87.0 Å². The quantitative estimate of drug-likeness (QED) is 0.524. The Kier molecular flexibility index (Phi) is 6.26. The second-order valence-corrected chi connectivity index (χ2v) is 4.26. The Bertz CT molecular complexity index is 204. The fourth-order valence-electron chi connectivity index (χ4n) is 1.14. The third-order valence-electron chi connectivity index (χ3n) is 2.34. The highest BCUT2D eigenvalue weighted by Gasteiger charge is 2.09. The fourth-order valence-corrected chi connectivity index (χ4v) is 1.14. The summed E-state index contributed by atoms with van der Waals surface area (Å²) in [5.41, 5.74) is 0. The lowest BCUT2D eigenvalue weighted by Crippen LogP contribution is -2.03. The predicted molar refractivity (Wildman–Crippen MR) is 59.2 cm³/mol. The Morgan fingerprint density at radius 1 is 1.29 bits per heavy atom. The highest BCUT2D eigenvalue weighted by atomic mass is 16.3. The molecule has 0 heterocycles. The van der Waals surface area contributed by atoms with E-state index in [1.165, 1.54) is 6.08 Å². The number of carbonyl (C=O) groups is 1. The number of hydrogen-bond acceptors (Lipinski definition) is 2. The van der Waals surface area contributed by atoms with Crippen LogP contribution in [0.5, 0.6) is 0 Å². The Morgan fingerprint density at radius 3 is 2.29 bits per heavy atom. The van der Waals surface area contributed by atoms with Crippen molar-refractivity contribution in [1.29, 1.82) is 0 Å². The van der Waals surface area contributed by atoms with E-state index < -0.39 is 0 Å². The van der Waals surface area contributed by atoms with Crippen molar-refractivity contribution in [2.75, 3.05) is 0 Å². The second kappa shape index (κ2) is 6.63. The van der Waals surface area contributed by atoms with E-state index in [0.717, 1.165) is 12.8 Å². The van der Waals surface area contributed by atoms with Gasteiger partial charge in [-0.3, -0.25) is 4.79 Å². The summed E-state index contributed by atoms with van der Waals surface area (Å²) in [7, 11) is 0. The zero-order chi connectivity index (χ0) is 11.1. The molecule has 0 spiro atoms. The second-order valence-electron chi connectivity index (χ2n) is 4.26. The number of rotatable bonds is 6. The van der Waals surface area contributed by atoms with Gasteiger partial charge in [0.15, 0.2) is 5.78 Å². The van der Waals surface area contributed by atoms with Crippen LogP contribution >= 0.6 is 0 Å². The maximum atomic E-state index is 11.0. The molecule has 0 amide bonds. The minimum atomic E-state index is -0.00102. The third kappa shape index (κ3) is 5.79. The molecule has 0 radical (unpaired) electrons. The van der Waals surface area contributed by atoms with Crippen molar-refractivity contribution in [3.63, 3.8) is 0 Å². The Hall–Kier alpha value is -0.790. The highest BCUT2D eigenvalue weighted by molar-refractivity contribution is 5.89. The monoisotopic (exact) mass is 198 g/mol. The lowest BCUT2D eigenvalue weighted by atomic mass is 9.97. The van der Waals surface area contributed by atoms with Crippen LogP contribution < -0.4 is 0 Å². The lowest BCUT2D eigenvalue weighted by molar-refractivity contribution is -0.114. The molecule has 0 saturated heterocycles. The standard InChI is InChI=1S/C12H22O2/c1-5-11(13)8-12(14)10(4)7-6-9(2)3/h8-10,14H,5-7H2,1-4H3. The van der Waals surface area contributed by atoms with E-state index in [0.29, 0.717) is 12.3 Å². The first-order valence-electron chi connectivity index (χ1n) is 5.40. The lowest BCUT2D eigenvalue weighted by Gasteiger charge is -2.11. The van der Waals surface area contributed by atoms with E-state index in [1.54, 1.807) is 6.92 Å². The van der Waals surface area contributed by atoms with Gasteiger partial charge in [0.1, 0.15) is 0 Å². The average Bonchev–Trinajstić information content (AvgIpc) is 2.13. The molecular formula is C12H22O2. The molecule has 0 aliphatic carbocycles. The minimum absolute atomic E-state index is 0.00102. The molecule has 0 saturated carbocycles. The molecule has 2 heteroatoms. The molecule has 0 aliphatic heterocycles. The molecule has 2 nitrogen and oxygen atoms in total. The zero-order valence-corrected chi connectivity index (χ0v) is 9.71. The first kappa shape index (κ1) is 13.2. The third-order valence-corrected chi connectivity index (χ3v) is 2.34. The minimum Gasteiger partial charge on any atom is -0.512 e. The van der Waals surface area contributed by atoms with Gasteiger partial charge in [-0.25, -0.2) is 0 Å². The molecule has 0 aliphatic rings. The first-order valence-corrected chi connectivity index (χ1v) is 5.40. The average molecular weight is 198 g/mol. The van der Waals surface area contributed by atoms with Crippen molar-refractivity contribution < 1.29 is 9.90 Å². The van der Waals surface area contributed by atoms with Gasteiger partial charge in [-0.1, -0.05) is 34.1 Å². The summed E-state index contributed by atoms with van der Waals surface area (Å²) < 4.78 is 0. The highest BCUT2D eigenvalue weighted by Crippen LogP contribution is 2.17. The number of hydrogen-bond donors (Lipinski definition) is 1. The predicted octanol–water partition coefficient (Wildman–Crippen LogP) is 3.48. The van der Waals surface area contributed by atoms with Gasteiger partial charge in [0.2, 0.25) is 0 Å². The van der Waals surface area contributed by atoms with Gasteiger partial charge in [0, 0.05) is 18.4 Å². The summed E-state index contributed by atoms with van der Waals surface area (Å²) >= 11 is 0. The van der Waals surface area contributed by atoms with Crippen molar-refractivity contribution in [1.82, 2.24) is 0 Å². The van der Waals surface area contributed by atoms with E-state index in [2.05, 4.69) is 13.8 Å². The van der Waals surface area contributed by atoms with Gasteiger partial charge in [-0.2, -0.15) is 0 Å². The van der Waals surface area contributed by atoms with Crippen molar-refractivity contribution in [3.8, 4) is 0 Å². The fraction of sp³-hybridized carbons (Fsp3) is 0.750. The van der Waals surface area contributed by atoms with Crippen molar-refractivity contribution in [3.05, 3.63) is 11.8 Å². The van der Waals surface area contributed by atoms with E-state index >= 15 is 0 Å². The van der Waals surface area contributed by atoms with Crippen LogP contribution in [0.2, 0.25) is 0 Å². The topological polar surface area (TPSA) is 37.3 Å². The van der Waals surface area contributed by atoms with Gasteiger partial charge >= 0.3 is 0 Å². The molecule has 1 atom stereocenters. The van der Waals surface area contributed by atoms with Crippen molar-refractivity contribution in [2.24, 2.45) is 11.8 Å². The number of allylic oxidation sites excluding steroid dienone is 2. The van der Waals surface area contributed by atoms with Gasteiger partial charge in [0.25, 0.3) is 0 Å². The molecule has 1 unspecified atom stereocenters. The number of aliphatic hydroxyl groups excluding tert-OH is 1. The van der Waals surface area contributed by atoms with E-state index in [4.69, 9.17) is 0 Å². The number of carbonyl (C=O) groups excluding carboxylic acids is 1. The van der Waals surface area contributed by atoms with Crippen LogP contribution in [0.3, 0.4) is 0 Å². The summed E-state index contributed by atoms with van der Waals surface area (Å²) in [5.74, 6) is 0.983. The number of aliphatic hydroxyl groups is 1. The molecule has 14 heavy (non-hydrogen) atoms. The largest absolute Gasteiger partial charge is 0.512 e. The van der Waals surface area contributed by atoms with Crippen LogP contribution in [0.25, 0.3) is 0 Å². The maximum absolute atomic E-state index is 11.0. The van der Waals surface area contributed by atoms with Crippen LogP contribution in [0.1, 0.15) is 47.0 Å². The van der Waals surface area contributed by atoms with Crippen LogP contribution in [0.4, 0.5) is 0 Å². The van der Waals surface area contributed by atoms with Crippen molar-refractivity contribution >= 4 is 5.78 Å². The molecule has 0 fully saturated rings. The van der Waals surface area contributed by atoms with Crippen molar-refractivity contribution in [2.45, 2.75) is 47.0 Å². The summed E-state index contributed by atoms with van der Waals surface area (Å²) in [5, 5.41) is 9.57. The Morgan fingerprint density at radius 2 is 1.86 bits per heavy atom. The molecule has 0 aromatic rings. The summed E-state index contributed by atoms with van der Waals surface area (Å²) in [4.78, 5) is 11.0. The molecule has 1 N–H and O–H groups in total. The number of ketones is 1. The zero-order valence-electron chi connectivity index (χ0n) is 9.71. The van der Waals surface area contributed by atoms with E-state index in [1.807, 2.05) is 6.92 Å². The molecule has 0 aromatic heterocycles. The smallest absolute Gasteiger partial charge is 0.158 e. The van der Waals surface area contributed by atoms with Gasteiger partial charge < -0.3 is 5.11 Å². The maximum Gasteiger partial charge on any atom is 0.158 e. The normalized spacial score (nSPS) is 14.5. The van der Waals surface area contributed by atoms with Gasteiger partial charge in [-0.05, 0) is 12.3 Å². The molecule has 0 aromatic carbocycles. The first-order chi connectivity index (χ1) is 6.47. The van der Waals surface area contributed by atoms with E-state index in [9.17, 15) is 9.90 Å². The molecule has 0 bridgehead atoms. The van der Waals surface area contributed by atoms with Gasteiger partial charge in [-0.15, -0.1) is 0 Å². The summed E-state index contributed by atoms with van der Waals surface area (Å²) in [6.45, 7) is 8.07. The van der Waals surface area contributed by atoms with Crippen LogP contribution in [-0.2, 0) is 4.79 Å². The van der Waals surface area contributed by atoms with Gasteiger partial charge in [0.05, 0.1) is 5.76 Å². The summed E-state index contributed by atoms with van der Waals surface area (Å²) in [6, 6.07) is 0. The van der Waals surface area contributed by atoms with E-state index in [-0.39, 0.29) is 17.5 Å². The molecule has 0 rings (SSSR count). The molecule has 82 valence electrons. The van der Waals surface area contributed by atoms with Crippen LogP contribution in [0.15, 0.2) is 11.8 Å². The Balaban J connectivity index is 4.04.